The van der Waals surface area contributed by atoms with Crippen molar-refractivity contribution in [2.24, 2.45) is 0 Å². The first kappa shape index (κ1) is 32.3. The number of sulfone groups is 1. The Morgan fingerprint density at radius 1 is 1.00 bits per heavy atom. The zero-order chi connectivity index (χ0) is 32.0. The number of aliphatic carboxylic acids is 1. The fraction of sp³-hybridized carbons (Fsp3) is 0.258. The fourth-order valence-electron chi connectivity index (χ4n) is 4.87. The van der Waals surface area contributed by atoms with E-state index in [0.29, 0.717) is 5.56 Å². The Morgan fingerprint density at radius 3 is 2.36 bits per heavy atom. The molecule has 2 N–H and O–H groups in total. The zero-order valence-electron chi connectivity index (χ0n) is 24.0. The van der Waals surface area contributed by atoms with Gasteiger partial charge in [0.2, 0.25) is 0 Å². The molecule has 3 aromatic carbocycles. The van der Waals surface area contributed by atoms with E-state index in [2.05, 4.69) is 5.32 Å². The van der Waals surface area contributed by atoms with Crippen LogP contribution in [0.25, 0.3) is 11.1 Å². The molecule has 0 saturated heterocycles. The van der Waals surface area contributed by atoms with Crippen LogP contribution in [0.3, 0.4) is 0 Å². The summed E-state index contributed by atoms with van der Waals surface area (Å²) in [5.74, 6) is -2.87. The van der Waals surface area contributed by atoms with Gasteiger partial charge in [0.15, 0.2) is 21.4 Å². The quantitative estimate of drug-likeness (QED) is 0.215. The highest BCUT2D eigenvalue weighted by Gasteiger charge is 2.23. The number of methoxy groups -OCH3 is 1. The molecule has 1 heterocycles. The van der Waals surface area contributed by atoms with Crippen LogP contribution in [0.15, 0.2) is 87.4 Å². The number of hydrogen-bond donors (Lipinski definition) is 2. The fourth-order valence-corrected chi connectivity index (χ4v) is 5.81. The van der Waals surface area contributed by atoms with Crippen LogP contribution in [0, 0.1) is 11.6 Å². The molecule has 0 saturated carbocycles. The number of carboxylic acid groups (broad SMARTS) is 1. The summed E-state index contributed by atoms with van der Waals surface area (Å²) in [7, 11) is -2.65. The number of nitrogens with zero attached hydrogens (tertiary/aromatic N) is 2. The number of carbonyl (C=O) groups is 1. The molecule has 4 aromatic rings. The van der Waals surface area contributed by atoms with Crippen LogP contribution in [0.4, 0.5) is 8.78 Å². The Bertz CT molecular complexity index is 1890. The van der Waals surface area contributed by atoms with Gasteiger partial charge >= 0.3 is 11.7 Å². The minimum absolute atomic E-state index is 0.100. The Hall–Kier alpha value is -4.62. The molecule has 0 spiro atoms. The summed E-state index contributed by atoms with van der Waals surface area (Å²) in [6, 6.07) is 15.8. The first-order chi connectivity index (χ1) is 20.9. The van der Waals surface area contributed by atoms with E-state index in [1.54, 1.807) is 30.3 Å². The van der Waals surface area contributed by atoms with Gasteiger partial charge in [0.05, 0.1) is 36.7 Å². The number of hydrogen-bond acceptors (Lipinski definition) is 7. The van der Waals surface area contributed by atoms with Crippen LogP contribution < -0.4 is 21.3 Å². The van der Waals surface area contributed by atoms with Crippen molar-refractivity contribution in [1.82, 2.24) is 14.5 Å². The van der Waals surface area contributed by atoms with E-state index in [9.17, 15) is 22.8 Å². The van der Waals surface area contributed by atoms with Crippen LogP contribution in [-0.2, 0) is 27.7 Å². The Morgan fingerprint density at radius 2 is 1.70 bits per heavy atom. The van der Waals surface area contributed by atoms with Gasteiger partial charge in [-0.3, -0.25) is 18.7 Å². The molecule has 0 unspecified atom stereocenters. The van der Waals surface area contributed by atoms with Gasteiger partial charge in [-0.2, -0.15) is 0 Å². The van der Waals surface area contributed by atoms with E-state index in [-0.39, 0.29) is 53.3 Å². The average Bonchev–Trinajstić information content (AvgIpc) is 2.98. The molecule has 1 atom stereocenters. The molecule has 1 aromatic heterocycles. The highest BCUT2D eigenvalue weighted by molar-refractivity contribution is 7.90. The Kier molecular flexibility index (Phi) is 10.1. The minimum atomic E-state index is -3.91. The van der Waals surface area contributed by atoms with E-state index in [4.69, 9.17) is 9.84 Å². The molecule has 10 nitrogen and oxygen atoms in total. The summed E-state index contributed by atoms with van der Waals surface area (Å²) < 4.78 is 62.3. The maximum atomic E-state index is 15.5. The number of benzene rings is 3. The predicted octanol–water partition coefficient (Wildman–Crippen LogP) is 3.61. The maximum absolute atomic E-state index is 15.5. The van der Waals surface area contributed by atoms with Crippen molar-refractivity contribution < 1.29 is 31.8 Å². The van der Waals surface area contributed by atoms with Crippen molar-refractivity contribution in [2.45, 2.75) is 36.9 Å². The van der Waals surface area contributed by atoms with Crippen LogP contribution in [-0.4, -0.2) is 48.5 Å². The van der Waals surface area contributed by atoms with E-state index in [1.807, 2.05) is 0 Å². The number of ether oxygens (including phenoxy) is 1. The first-order valence-electron chi connectivity index (χ1n) is 13.6. The highest BCUT2D eigenvalue weighted by atomic mass is 32.2. The molecule has 13 heteroatoms. The maximum Gasteiger partial charge on any atom is 0.331 e. The molecule has 4 rings (SSSR count). The number of halogens is 2. The van der Waals surface area contributed by atoms with Gasteiger partial charge in [-0.15, -0.1) is 0 Å². The lowest BCUT2D eigenvalue weighted by molar-refractivity contribution is -0.137. The van der Waals surface area contributed by atoms with Crippen LogP contribution in [0.1, 0.15) is 30.0 Å². The van der Waals surface area contributed by atoms with Gasteiger partial charge < -0.3 is 15.2 Å². The average molecular weight is 628 g/mol. The van der Waals surface area contributed by atoms with Crippen molar-refractivity contribution in [3.8, 4) is 16.9 Å². The molecule has 232 valence electrons. The zero-order valence-corrected chi connectivity index (χ0v) is 24.8. The lowest BCUT2D eigenvalue weighted by Crippen LogP contribution is -2.43. The van der Waals surface area contributed by atoms with Crippen molar-refractivity contribution in [3.63, 3.8) is 0 Å². The summed E-state index contributed by atoms with van der Waals surface area (Å²) in [5.41, 5.74) is -1.77. The molecule has 0 aliphatic heterocycles. The second-order valence-electron chi connectivity index (χ2n) is 10.1. The van der Waals surface area contributed by atoms with Gasteiger partial charge in [0.1, 0.15) is 5.82 Å². The van der Waals surface area contributed by atoms with Crippen LogP contribution in [0.5, 0.6) is 5.75 Å². The third-order valence-corrected chi connectivity index (χ3v) is 8.22. The predicted molar refractivity (Wildman–Crippen MR) is 160 cm³/mol. The summed E-state index contributed by atoms with van der Waals surface area (Å²) in [4.78, 5) is 38.4. The summed E-state index contributed by atoms with van der Waals surface area (Å²) in [6.45, 7) is -0.592. The van der Waals surface area contributed by atoms with E-state index in [1.165, 1.54) is 37.4 Å². The van der Waals surface area contributed by atoms with Crippen molar-refractivity contribution in [2.75, 3.05) is 19.9 Å². The Labute approximate surface area is 252 Å². The van der Waals surface area contributed by atoms with E-state index >= 15 is 8.78 Å². The number of nitrogens with one attached hydrogen (secondary N) is 1. The summed E-state index contributed by atoms with van der Waals surface area (Å²) in [5, 5.41) is 12.2. The van der Waals surface area contributed by atoms with Crippen molar-refractivity contribution >= 4 is 15.8 Å². The number of aromatic nitrogens is 2. The molecule has 0 aliphatic rings. The topological polar surface area (TPSA) is 137 Å². The van der Waals surface area contributed by atoms with Crippen molar-refractivity contribution in [3.05, 3.63) is 117 Å². The largest absolute Gasteiger partial charge is 0.494 e. The molecule has 0 amide bonds. The molecular weight excluding hydrogens is 596 g/mol. The number of carboxylic acids is 1. The molecule has 0 radical (unpaired) electrons. The number of rotatable bonds is 13. The summed E-state index contributed by atoms with van der Waals surface area (Å²) >= 11 is 0. The van der Waals surface area contributed by atoms with Gasteiger partial charge in [0, 0.05) is 30.0 Å². The smallest absolute Gasteiger partial charge is 0.331 e. The van der Waals surface area contributed by atoms with Crippen LogP contribution >= 0.6 is 0 Å². The highest BCUT2D eigenvalue weighted by Crippen LogP contribution is 2.27. The van der Waals surface area contributed by atoms with Gasteiger partial charge in [-0.25, -0.2) is 22.0 Å². The molecule has 0 aliphatic carbocycles. The molecule has 0 fully saturated rings. The normalized spacial score (nSPS) is 12.2. The third-order valence-electron chi connectivity index (χ3n) is 7.04. The van der Waals surface area contributed by atoms with E-state index in [0.717, 1.165) is 27.7 Å². The van der Waals surface area contributed by atoms with Crippen molar-refractivity contribution in [1.29, 1.82) is 0 Å². The SMILES string of the molecule is COc1cccc(-c2cn(Cc3c(F)cccc3S(C)(=O)=O)c(=O)n(C[C@H](NCCCC(=O)O)c3ccccc3)c2=O)c1F. The van der Waals surface area contributed by atoms with E-state index < -0.39 is 51.3 Å². The molecule has 44 heavy (non-hydrogen) atoms. The monoisotopic (exact) mass is 627 g/mol. The standard InChI is InChI=1S/C31H31F2N3O7S/c1-43-26-13-6-11-21(29(26)33)22-17-35(18-23-24(32)12-7-14-27(23)44(2,41)42)31(40)36(30(22)39)19-25(20-9-4-3-5-10-20)34-16-8-15-28(37)38/h3-7,9-14,17,25,34H,8,15-16,18-19H2,1-2H3,(H,37,38)/t25-/m0/s1. The second-order valence-corrected chi connectivity index (χ2v) is 12.1. The lowest BCUT2D eigenvalue weighted by atomic mass is 10.1. The summed E-state index contributed by atoms with van der Waals surface area (Å²) in [6.07, 6.45) is 2.16. The lowest BCUT2D eigenvalue weighted by Gasteiger charge is -2.22. The minimum Gasteiger partial charge on any atom is -0.494 e. The second kappa shape index (κ2) is 13.8. The van der Waals surface area contributed by atoms with Crippen LogP contribution in [0.2, 0.25) is 0 Å². The molecular formula is C31H31F2N3O7S. The molecule has 0 bridgehead atoms. The van der Waals surface area contributed by atoms with Gasteiger partial charge in [-0.1, -0.05) is 48.5 Å². The first-order valence-corrected chi connectivity index (χ1v) is 15.5. The van der Waals surface area contributed by atoms with Gasteiger partial charge in [0.25, 0.3) is 5.56 Å². The van der Waals surface area contributed by atoms with Gasteiger partial charge in [-0.05, 0) is 36.7 Å². The third kappa shape index (κ3) is 7.29. The Balaban J connectivity index is 1.91.